The van der Waals surface area contributed by atoms with Crippen LogP contribution in [0.25, 0.3) is 5.69 Å². The van der Waals surface area contributed by atoms with Crippen LogP contribution in [0, 0.1) is 19.8 Å². The predicted molar refractivity (Wildman–Crippen MR) is 103 cm³/mol. The maximum absolute atomic E-state index is 12.9. The van der Waals surface area contributed by atoms with Crippen molar-refractivity contribution in [2.45, 2.75) is 40.2 Å². The Morgan fingerprint density at radius 3 is 2.44 bits per heavy atom. The lowest BCUT2D eigenvalue weighted by atomic mass is 10.0. The fourth-order valence-corrected chi connectivity index (χ4v) is 3.61. The summed E-state index contributed by atoms with van der Waals surface area (Å²) in [6, 6.07) is 10.6. The quantitative estimate of drug-likeness (QED) is 0.629. The summed E-state index contributed by atoms with van der Waals surface area (Å²) in [4.78, 5) is 38.5. The number of carbonyl (C=O) groups excluding carboxylic acids is 3. The van der Waals surface area contributed by atoms with Crippen LogP contribution < -0.4 is 5.32 Å². The van der Waals surface area contributed by atoms with Crippen LogP contribution in [0.15, 0.2) is 36.4 Å². The smallest absolute Gasteiger partial charge is 0.325 e. The van der Waals surface area contributed by atoms with Gasteiger partial charge in [-0.25, -0.2) is 4.79 Å². The average Bonchev–Trinajstić information content (AvgIpc) is 3.05. The van der Waals surface area contributed by atoms with E-state index < -0.39 is 12.1 Å². The van der Waals surface area contributed by atoms with Gasteiger partial charge in [-0.05, 0) is 44.4 Å². The minimum absolute atomic E-state index is 0.237. The Labute approximate surface area is 159 Å². The molecule has 3 amide bonds. The minimum atomic E-state index is -0.540. The van der Waals surface area contributed by atoms with Crippen molar-refractivity contribution >= 4 is 17.7 Å². The first-order valence-corrected chi connectivity index (χ1v) is 9.19. The summed E-state index contributed by atoms with van der Waals surface area (Å²) in [5.41, 5.74) is 3.23. The van der Waals surface area contributed by atoms with Gasteiger partial charge in [-0.3, -0.25) is 14.5 Å². The van der Waals surface area contributed by atoms with Crippen molar-refractivity contribution in [1.82, 2.24) is 14.8 Å². The molecule has 3 rings (SSSR count). The first-order chi connectivity index (χ1) is 12.8. The molecule has 1 saturated heterocycles. The number of hydrogen-bond donors (Lipinski definition) is 1. The molecule has 1 atom stereocenters. The van der Waals surface area contributed by atoms with Crippen molar-refractivity contribution in [3.8, 4) is 5.69 Å². The maximum atomic E-state index is 12.9. The largest absolute Gasteiger partial charge is 0.326 e. The molecule has 1 aliphatic heterocycles. The topological polar surface area (TPSA) is 71.4 Å². The van der Waals surface area contributed by atoms with Gasteiger partial charge in [-0.2, -0.15) is 0 Å². The molecule has 1 fully saturated rings. The number of aromatic nitrogens is 1. The summed E-state index contributed by atoms with van der Waals surface area (Å²) >= 11 is 0. The van der Waals surface area contributed by atoms with Crippen LogP contribution in [0.4, 0.5) is 4.79 Å². The van der Waals surface area contributed by atoms with Gasteiger partial charge >= 0.3 is 6.03 Å². The summed E-state index contributed by atoms with van der Waals surface area (Å²) in [5, 5.41) is 2.68. The molecular weight excluding hydrogens is 342 g/mol. The Morgan fingerprint density at radius 2 is 1.81 bits per heavy atom. The molecule has 0 bridgehead atoms. The van der Waals surface area contributed by atoms with E-state index in [1.54, 1.807) is 0 Å². The monoisotopic (exact) mass is 367 g/mol. The van der Waals surface area contributed by atoms with Crippen LogP contribution >= 0.6 is 0 Å². The number of aryl methyl sites for hydroxylation is 1. The first kappa shape index (κ1) is 18.9. The van der Waals surface area contributed by atoms with E-state index in [1.165, 1.54) is 0 Å². The van der Waals surface area contributed by atoms with Gasteiger partial charge in [0.05, 0.1) is 6.54 Å². The second kappa shape index (κ2) is 7.39. The van der Waals surface area contributed by atoms with E-state index >= 15 is 0 Å². The molecule has 0 spiro atoms. The lowest BCUT2D eigenvalue weighted by Crippen LogP contribution is -2.36. The average molecular weight is 367 g/mol. The molecule has 0 saturated carbocycles. The molecule has 6 nitrogen and oxygen atoms in total. The Hall–Kier alpha value is -2.89. The molecule has 6 heteroatoms. The van der Waals surface area contributed by atoms with E-state index in [9.17, 15) is 14.4 Å². The van der Waals surface area contributed by atoms with Crippen molar-refractivity contribution in [1.29, 1.82) is 0 Å². The molecule has 1 aromatic heterocycles. The number of hydrogen-bond acceptors (Lipinski definition) is 3. The number of benzene rings is 1. The van der Waals surface area contributed by atoms with E-state index in [2.05, 4.69) is 5.32 Å². The van der Waals surface area contributed by atoms with Gasteiger partial charge in [0, 0.05) is 22.6 Å². The highest BCUT2D eigenvalue weighted by Crippen LogP contribution is 2.22. The summed E-state index contributed by atoms with van der Waals surface area (Å²) in [6.45, 7) is 7.56. The third-order valence-electron chi connectivity index (χ3n) is 4.86. The van der Waals surface area contributed by atoms with Gasteiger partial charge in [-0.15, -0.1) is 0 Å². The van der Waals surface area contributed by atoms with Crippen molar-refractivity contribution in [2.24, 2.45) is 5.92 Å². The zero-order chi connectivity index (χ0) is 19.7. The van der Waals surface area contributed by atoms with Gasteiger partial charge in [0.1, 0.15) is 6.04 Å². The van der Waals surface area contributed by atoms with E-state index in [0.29, 0.717) is 12.0 Å². The second-order valence-corrected chi connectivity index (χ2v) is 7.43. The Kier molecular flexibility index (Phi) is 5.17. The zero-order valence-corrected chi connectivity index (χ0v) is 16.2. The summed E-state index contributed by atoms with van der Waals surface area (Å²) < 4.78 is 2.00. The van der Waals surface area contributed by atoms with E-state index in [1.807, 2.05) is 68.7 Å². The molecule has 2 heterocycles. The van der Waals surface area contributed by atoms with Crippen LogP contribution in [0.5, 0.6) is 0 Å². The number of para-hydroxylation sites is 1. The van der Waals surface area contributed by atoms with Gasteiger partial charge in [0.15, 0.2) is 5.78 Å². The lowest BCUT2D eigenvalue weighted by Gasteiger charge is -2.13. The molecule has 2 aromatic rings. The number of ketones is 1. The number of rotatable bonds is 6. The van der Waals surface area contributed by atoms with Gasteiger partial charge in [0.2, 0.25) is 0 Å². The molecule has 1 N–H and O–H groups in total. The molecule has 1 unspecified atom stereocenters. The third kappa shape index (κ3) is 3.65. The van der Waals surface area contributed by atoms with Crippen molar-refractivity contribution in [3.63, 3.8) is 0 Å². The SMILES string of the molecule is Cc1cc(C(=O)CN2C(=O)NC(CC(C)C)C2=O)c(C)n1-c1ccccc1. The number of urea groups is 1. The maximum Gasteiger partial charge on any atom is 0.325 e. The standard InChI is InChI=1S/C21H25N3O3/c1-13(2)10-18-20(26)23(21(27)22-18)12-19(25)17-11-14(3)24(15(17)4)16-8-6-5-7-9-16/h5-9,11,13,18H,10,12H2,1-4H3,(H,22,27). The van der Waals surface area contributed by atoms with Crippen LogP contribution in [-0.2, 0) is 4.79 Å². The van der Waals surface area contributed by atoms with Gasteiger partial charge in [0.25, 0.3) is 5.91 Å². The summed E-state index contributed by atoms with van der Waals surface area (Å²) in [5.74, 6) is -0.280. The summed E-state index contributed by atoms with van der Waals surface area (Å²) in [7, 11) is 0. The fraction of sp³-hybridized carbons (Fsp3) is 0.381. The number of carbonyl (C=O) groups is 3. The predicted octanol–water partition coefficient (Wildman–Crippen LogP) is 3.24. The normalized spacial score (nSPS) is 16.9. The van der Waals surface area contributed by atoms with E-state index in [4.69, 9.17) is 0 Å². The van der Waals surface area contributed by atoms with Crippen LogP contribution in [0.3, 0.4) is 0 Å². The first-order valence-electron chi connectivity index (χ1n) is 9.19. The number of nitrogens with zero attached hydrogens (tertiary/aromatic N) is 2. The Morgan fingerprint density at radius 1 is 1.15 bits per heavy atom. The third-order valence-corrected chi connectivity index (χ3v) is 4.86. The summed E-state index contributed by atoms with van der Waals surface area (Å²) in [6.07, 6.45) is 0.567. The van der Waals surface area contributed by atoms with Crippen LogP contribution in [-0.4, -0.2) is 39.8 Å². The Balaban J connectivity index is 1.81. The van der Waals surface area contributed by atoms with Gasteiger partial charge in [-0.1, -0.05) is 32.0 Å². The second-order valence-electron chi connectivity index (χ2n) is 7.43. The molecular formula is C21H25N3O3. The molecule has 1 aliphatic rings. The molecule has 0 radical (unpaired) electrons. The Bertz CT molecular complexity index is 884. The number of Topliss-reactive ketones (excluding diaryl/α,β-unsaturated/α-hetero) is 1. The fourth-order valence-electron chi connectivity index (χ4n) is 3.61. The van der Waals surface area contributed by atoms with Crippen LogP contribution in [0.1, 0.15) is 42.0 Å². The van der Waals surface area contributed by atoms with Crippen molar-refractivity contribution in [3.05, 3.63) is 53.3 Å². The van der Waals surface area contributed by atoms with E-state index in [0.717, 1.165) is 22.0 Å². The minimum Gasteiger partial charge on any atom is -0.326 e. The lowest BCUT2D eigenvalue weighted by molar-refractivity contribution is -0.127. The highest BCUT2D eigenvalue weighted by molar-refractivity contribution is 6.09. The highest BCUT2D eigenvalue weighted by Gasteiger charge is 2.39. The highest BCUT2D eigenvalue weighted by atomic mass is 16.2. The number of amides is 3. The zero-order valence-electron chi connectivity index (χ0n) is 16.2. The van der Waals surface area contributed by atoms with Crippen LogP contribution in [0.2, 0.25) is 0 Å². The molecule has 1 aromatic carbocycles. The molecule has 142 valence electrons. The molecule has 27 heavy (non-hydrogen) atoms. The van der Waals surface area contributed by atoms with Crippen molar-refractivity contribution < 1.29 is 14.4 Å². The number of imide groups is 1. The van der Waals surface area contributed by atoms with E-state index in [-0.39, 0.29) is 24.2 Å². The molecule has 0 aliphatic carbocycles. The van der Waals surface area contributed by atoms with Crippen molar-refractivity contribution in [2.75, 3.05) is 6.54 Å². The van der Waals surface area contributed by atoms with Gasteiger partial charge < -0.3 is 9.88 Å². The number of nitrogens with one attached hydrogen (secondary N) is 1.